The highest BCUT2D eigenvalue weighted by atomic mass is 32.1. The minimum atomic E-state index is 0.467. The lowest BCUT2D eigenvalue weighted by atomic mass is 10.0. The zero-order chi connectivity index (χ0) is 10.3. The van der Waals surface area contributed by atoms with Gasteiger partial charge in [-0.2, -0.15) is 0 Å². The Bertz CT molecular complexity index is 474. The van der Waals surface area contributed by atoms with Crippen LogP contribution in [0.1, 0.15) is 25.3 Å². The molecule has 1 aromatic carbocycles. The fourth-order valence-electron chi connectivity index (χ4n) is 1.46. The van der Waals surface area contributed by atoms with Crippen LogP contribution in [-0.2, 0) is 0 Å². The van der Waals surface area contributed by atoms with E-state index in [4.69, 9.17) is 5.73 Å². The van der Waals surface area contributed by atoms with E-state index in [0.717, 1.165) is 15.1 Å². The molecule has 2 rings (SSSR count). The molecule has 2 aromatic rings. The van der Waals surface area contributed by atoms with E-state index < -0.39 is 0 Å². The number of aromatic nitrogens is 1. The quantitative estimate of drug-likeness (QED) is 0.730. The fourth-order valence-corrected chi connectivity index (χ4v) is 2.75. The lowest BCUT2D eigenvalue weighted by Gasteiger charge is -2.07. The number of benzene rings is 1. The zero-order valence-electron chi connectivity index (χ0n) is 8.11. The van der Waals surface area contributed by atoms with E-state index in [0.29, 0.717) is 11.0 Å². The SMILES string of the molecule is CC(C)c1cc2nc(N)sc2cc1S. The second-order valence-corrected chi connectivity index (χ2v) is 5.13. The molecule has 0 fully saturated rings. The normalized spacial score (nSPS) is 11.4. The molecule has 0 bridgehead atoms. The Balaban J connectivity index is 2.70. The van der Waals surface area contributed by atoms with Gasteiger partial charge in [0.2, 0.25) is 0 Å². The largest absolute Gasteiger partial charge is 0.375 e. The number of thiazole rings is 1. The first-order valence-corrected chi connectivity index (χ1v) is 5.73. The number of rotatable bonds is 1. The molecule has 0 aliphatic rings. The number of thiol groups is 1. The molecule has 2 N–H and O–H groups in total. The van der Waals surface area contributed by atoms with Gasteiger partial charge in [0.1, 0.15) is 0 Å². The monoisotopic (exact) mass is 224 g/mol. The molecule has 1 aromatic heterocycles. The molecule has 4 heteroatoms. The van der Waals surface area contributed by atoms with Crippen LogP contribution in [0.15, 0.2) is 17.0 Å². The molecular weight excluding hydrogens is 212 g/mol. The first-order chi connectivity index (χ1) is 6.58. The molecule has 0 radical (unpaired) electrons. The van der Waals surface area contributed by atoms with Crippen LogP contribution in [0.4, 0.5) is 5.13 Å². The average molecular weight is 224 g/mol. The summed E-state index contributed by atoms with van der Waals surface area (Å²) in [6.45, 7) is 4.30. The maximum absolute atomic E-state index is 5.65. The highest BCUT2D eigenvalue weighted by Crippen LogP contribution is 2.31. The Morgan fingerprint density at radius 2 is 2.14 bits per heavy atom. The molecule has 2 nitrogen and oxygen atoms in total. The smallest absolute Gasteiger partial charge is 0.181 e. The van der Waals surface area contributed by atoms with Crippen LogP contribution in [0.2, 0.25) is 0 Å². The molecular formula is C10H12N2S2. The summed E-state index contributed by atoms with van der Waals surface area (Å²) >= 11 is 5.96. The summed E-state index contributed by atoms with van der Waals surface area (Å²) in [6, 6.07) is 4.12. The van der Waals surface area contributed by atoms with Crippen molar-refractivity contribution in [2.45, 2.75) is 24.7 Å². The third kappa shape index (κ3) is 1.60. The van der Waals surface area contributed by atoms with E-state index in [1.165, 1.54) is 16.9 Å². The van der Waals surface area contributed by atoms with Crippen LogP contribution >= 0.6 is 24.0 Å². The number of hydrogen-bond donors (Lipinski definition) is 2. The number of hydrogen-bond acceptors (Lipinski definition) is 4. The second kappa shape index (κ2) is 3.44. The molecule has 0 amide bonds. The van der Waals surface area contributed by atoms with Crippen molar-refractivity contribution in [3.05, 3.63) is 17.7 Å². The van der Waals surface area contributed by atoms with E-state index >= 15 is 0 Å². The number of nitrogens with two attached hydrogens (primary N) is 1. The van der Waals surface area contributed by atoms with Crippen LogP contribution in [0.5, 0.6) is 0 Å². The first-order valence-electron chi connectivity index (χ1n) is 4.47. The highest BCUT2D eigenvalue weighted by molar-refractivity contribution is 7.80. The maximum Gasteiger partial charge on any atom is 0.181 e. The van der Waals surface area contributed by atoms with E-state index in [2.05, 4.69) is 37.5 Å². The van der Waals surface area contributed by atoms with Gasteiger partial charge < -0.3 is 5.73 Å². The van der Waals surface area contributed by atoms with Crippen molar-refractivity contribution in [2.75, 3.05) is 5.73 Å². The van der Waals surface area contributed by atoms with Gasteiger partial charge in [-0.1, -0.05) is 25.2 Å². The van der Waals surface area contributed by atoms with Gasteiger partial charge in [0.15, 0.2) is 5.13 Å². The predicted molar refractivity (Wildman–Crippen MR) is 65.4 cm³/mol. The predicted octanol–water partition coefficient (Wildman–Crippen LogP) is 3.29. The van der Waals surface area contributed by atoms with Crippen LogP contribution in [-0.4, -0.2) is 4.98 Å². The van der Waals surface area contributed by atoms with Gasteiger partial charge in [-0.15, -0.1) is 12.6 Å². The number of fused-ring (bicyclic) bond motifs is 1. The van der Waals surface area contributed by atoms with Gasteiger partial charge in [0, 0.05) is 4.90 Å². The maximum atomic E-state index is 5.65. The molecule has 0 unspecified atom stereocenters. The number of anilines is 1. The van der Waals surface area contributed by atoms with E-state index in [-0.39, 0.29) is 0 Å². The molecule has 0 aliphatic carbocycles. The van der Waals surface area contributed by atoms with Crippen molar-refractivity contribution in [1.82, 2.24) is 4.98 Å². The molecule has 74 valence electrons. The average Bonchev–Trinajstić information content (AvgIpc) is 2.42. The Morgan fingerprint density at radius 1 is 1.43 bits per heavy atom. The summed E-state index contributed by atoms with van der Waals surface area (Å²) in [6.07, 6.45) is 0. The lowest BCUT2D eigenvalue weighted by molar-refractivity contribution is 0.845. The van der Waals surface area contributed by atoms with Gasteiger partial charge in [-0.05, 0) is 23.6 Å². The van der Waals surface area contributed by atoms with Crippen LogP contribution in [0, 0.1) is 0 Å². The highest BCUT2D eigenvalue weighted by Gasteiger charge is 2.08. The van der Waals surface area contributed by atoms with Crippen molar-refractivity contribution in [1.29, 1.82) is 0 Å². The number of nitrogens with zero attached hydrogens (tertiary/aromatic N) is 1. The molecule has 0 aliphatic heterocycles. The summed E-state index contributed by atoms with van der Waals surface area (Å²) in [5.74, 6) is 0.467. The molecule has 1 heterocycles. The van der Waals surface area contributed by atoms with Crippen molar-refractivity contribution in [3.63, 3.8) is 0 Å². The van der Waals surface area contributed by atoms with Crippen LogP contribution < -0.4 is 5.73 Å². The van der Waals surface area contributed by atoms with Crippen molar-refractivity contribution in [2.24, 2.45) is 0 Å². The van der Waals surface area contributed by atoms with Gasteiger partial charge in [0.25, 0.3) is 0 Å². The molecule has 0 saturated heterocycles. The van der Waals surface area contributed by atoms with Crippen LogP contribution in [0.3, 0.4) is 0 Å². The third-order valence-electron chi connectivity index (χ3n) is 2.18. The van der Waals surface area contributed by atoms with Crippen molar-refractivity contribution >= 4 is 39.3 Å². The van der Waals surface area contributed by atoms with E-state index in [1.54, 1.807) is 0 Å². The standard InChI is InChI=1S/C10H12N2S2/c1-5(2)6-3-7-9(4-8(6)13)14-10(11)12-7/h3-5,13H,1-2H3,(H2,11,12). The van der Waals surface area contributed by atoms with Gasteiger partial charge in [-0.25, -0.2) is 4.98 Å². The number of nitrogen functional groups attached to an aromatic ring is 1. The van der Waals surface area contributed by atoms with Gasteiger partial charge in [0.05, 0.1) is 10.2 Å². The molecule has 0 atom stereocenters. The van der Waals surface area contributed by atoms with Crippen molar-refractivity contribution < 1.29 is 0 Å². The van der Waals surface area contributed by atoms with Crippen LogP contribution in [0.25, 0.3) is 10.2 Å². The summed E-state index contributed by atoms with van der Waals surface area (Å²) in [4.78, 5) is 5.28. The Kier molecular flexibility index (Phi) is 2.41. The third-order valence-corrected chi connectivity index (χ3v) is 3.41. The summed E-state index contributed by atoms with van der Waals surface area (Å²) in [5.41, 5.74) is 7.86. The minimum absolute atomic E-state index is 0.467. The topological polar surface area (TPSA) is 38.9 Å². The summed E-state index contributed by atoms with van der Waals surface area (Å²) in [7, 11) is 0. The Hall–Kier alpha value is -0.740. The molecule has 14 heavy (non-hydrogen) atoms. The lowest BCUT2D eigenvalue weighted by Crippen LogP contribution is -1.89. The van der Waals surface area contributed by atoms with Gasteiger partial charge >= 0.3 is 0 Å². The molecule has 0 spiro atoms. The van der Waals surface area contributed by atoms with Crippen molar-refractivity contribution in [3.8, 4) is 0 Å². The summed E-state index contributed by atoms with van der Waals surface area (Å²) < 4.78 is 1.11. The minimum Gasteiger partial charge on any atom is -0.375 e. The van der Waals surface area contributed by atoms with Gasteiger partial charge in [-0.3, -0.25) is 0 Å². The fraction of sp³-hybridized carbons (Fsp3) is 0.300. The Morgan fingerprint density at radius 3 is 2.79 bits per heavy atom. The zero-order valence-corrected chi connectivity index (χ0v) is 9.82. The van der Waals surface area contributed by atoms with E-state index in [9.17, 15) is 0 Å². The van der Waals surface area contributed by atoms with E-state index in [1.807, 2.05) is 6.07 Å². The first kappa shape index (κ1) is 9.80. The Labute approximate surface area is 92.6 Å². The second-order valence-electron chi connectivity index (χ2n) is 3.59. The summed E-state index contributed by atoms with van der Waals surface area (Å²) in [5, 5.41) is 0.619. The molecule has 0 saturated carbocycles.